The first-order valence-corrected chi connectivity index (χ1v) is 8.22. The minimum atomic E-state index is -3.00. The van der Waals surface area contributed by atoms with E-state index in [4.69, 9.17) is 9.47 Å². The first kappa shape index (κ1) is 12.7. The zero-order valence-corrected chi connectivity index (χ0v) is 11.6. The van der Waals surface area contributed by atoms with Crippen LogP contribution in [0.4, 0.5) is 0 Å². The van der Waals surface area contributed by atoms with Crippen molar-refractivity contribution in [3.05, 3.63) is 23.8 Å². The van der Waals surface area contributed by atoms with E-state index < -0.39 is 9.84 Å². The maximum Gasteiger partial charge on any atom is 0.231 e. The topological polar surface area (TPSA) is 64.6 Å². The maximum absolute atomic E-state index is 11.9. The Morgan fingerprint density at radius 1 is 1.26 bits per heavy atom. The summed E-state index contributed by atoms with van der Waals surface area (Å²) in [6.45, 7) is 2.24. The fourth-order valence-electron chi connectivity index (χ4n) is 2.49. The molecule has 1 N–H and O–H groups in total. The number of hydrogen-bond donors (Lipinski definition) is 1. The minimum Gasteiger partial charge on any atom is -0.454 e. The summed E-state index contributed by atoms with van der Waals surface area (Å²) in [5, 5.41) is 3.37. The molecule has 1 saturated heterocycles. The van der Waals surface area contributed by atoms with Gasteiger partial charge in [0.1, 0.15) is 0 Å². The summed E-state index contributed by atoms with van der Waals surface area (Å²) < 4.78 is 34.5. The zero-order chi connectivity index (χ0) is 13.5. The van der Waals surface area contributed by atoms with E-state index >= 15 is 0 Å². The second kappa shape index (κ2) is 4.68. The molecular weight excluding hydrogens is 266 g/mol. The summed E-state index contributed by atoms with van der Waals surface area (Å²) in [6, 6.07) is 5.61. The van der Waals surface area contributed by atoms with Crippen molar-refractivity contribution in [1.82, 2.24) is 5.32 Å². The summed E-state index contributed by atoms with van der Waals surface area (Å²) in [5.74, 6) is 1.79. The molecule has 1 fully saturated rings. The number of sulfone groups is 1. The van der Waals surface area contributed by atoms with Crippen molar-refractivity contribution < 1.29 is 17.9 Å². The van der Waals surface area contributed by atoms with Crippen molar-refractivity contribution >= 4 is 9.84 Å². The first-order valence-electron chi connectivity index (χ1n) is 6.39. The van der Waals surface area contributed by atoms with Crippen LogP contribution in [0.2, 0.25) is 0 Å². The van der Waals surface area contributed by atoms with Gasteiger partial charge < -0.3 is 14.8 Å². The fraction of sp³-hybridized carbons (Fsp3) is 0.538. The van der Waals surface area contributed by atoms with Crippen LogP contribution < -0.4 is 14.8 Å². The lowest BCUT2D eigenvalue weighted by molar-refractivity contribution is 0.174. The van der Waals surface area contributed by atoms with Crippen LogP contribution in [0.1, 0.15) is 24.9 Å². The number of ether oxygens (including phenoxy) is 2. The minimum absolute atomic E-state index is 0.136. The van der Waals surface area contributed by atoms with E-state index in [2.05, 4.69) is 5.32 Å². The van der Waals surface area contributed by atoms with Crippen molar-refractivity contribution in [2.24, 2.45) is 0 Å². The van der Waals surface area contributed by atoms with E-state index in [0.29, 0.717) is 17.9 Å². The van der Waals surface area contributed by atoms with E-state index in [1.807, 2.05) is 25.1 Å². The van der Waals surface area contributed by atoms with Gasteiger partial charge in [-0.3, -0.25) is 0 Å². The molecule has 2 heterocycles. The smallest absolute Gasteiger partial charge is 0.231 e. The number of nitrogens with one attached hydrogen (secondary N) is 1. The Morgan fingerprint density at radius 2 is 2.05 bits per heavy atom. The molecule has 0 aliphatic carbocycles. The lowest BCUT2D eigenvalue weighted by atomic mass is 10.1. The van der Waals surface area contributed by atoms with Gasteiger partial charge in [-0.2, -0.15) is 0 Å². The molecule has 2 unspecified atom stereocenters. The molecule has 19 heavy (non-hydrogen) atoms. The monoisotopic (exact) mass is 283 g/mol. The second-order valence-corrected chi connectivity index (χ2v) is 7.36. The third kappa shape index (κ3) is 2.69. The lowest BCUT2D eigenvalue weighted by Gasteiger charge is -2.19. The third-order valence-corrected chi connectivity index (χ3v) is 5.27. The van der Waals surface area contributed by atoms with Crippen LogP contribution in [0.15, 0.2) is 18.2 Å². The molecule has 6 heteroatoms. The molecule has 0 amide bonds. The van der Waals surface area contributed by atoms with Gasteiger partial charge in [0, 0.05) is 12.1 Å². The third-order valence-electron chi connectivity index (χ3n) is 3.57. The lowest BCUT2D eigenvalue weighted by Crippen LogP contribution is -2.30. The predicted octanol–water partition coefficient (Wildman–Crippen LogP) is 1.25. The molecule has 0 spiro atoms. The highest BCUT2D eigenvalue weighted by molar-refractivity contribution is 7.91. The Labute approximate surface area is 112 Å². The van der Waals surface area contributed by atoms with Crippen molar-refractivity contribution in [2.75, 3.05) is 18.3 Å². The van der Waals surface area contributed by atoms with E-state index in [0.717, 1.165) is 5.56 Å². The fourth-order valence-corrected chi connectivity index (χ4v) is 4.17. The van der Waals surface area contributed by atoms with Crippen molar-refractivity contribution in [1.29, 1.82) is 0 Å². The molecular formula is C13H17NO4S. The van der Waals surface area contributed by atoms with Gasteiger partial charge in [0.15, 0.2) is 21.3 Å². The number of benzene rings is 1. The molecule has 2 atom stereocenters. The molecule has 5 nitrogen and oxygen atoms in total. The molecule has 0 radical (unpaired) electrons. The van der Waals surface area contributed by atoms with Crippen LogP contribution in [0.5, 0.6) is 11.5 Å². The summed E-state index contributed by atoms with van der Waals surface area (Å²) in [5.41, 5.74) is 0.932. The molecule has 1 aromatic rings. The second-order valence-electron chi connectivity index (χ2n) is 5.14. The summed E-state index contributed by atoms with van der Waals surface area (Å²) in [6.07, 6.45) is 0.656. The molecule has 2 aliphatic heterocycles. The van der Waals surface area contributed by atoms with E-state index in [9.17, 15) is 8.42 Å². The van der Waals surface area contributed by atoms with Gasteiger partial charge in [-0.05, 0) is 31.0 Å². The Balaban J connectivity index is 1.91. The van der Waals surface area contributed by atoms with Crippen LogP contribution in [-0.4, -0.2) is 32.8 Å². The average Bonchev–Trinajstić information content (AvgIpc) is 2.77. The number of rotatable bonds is 1. The molecule has 1 aromatic carbocycles. The van der Waals surface area contributed by atoms with Gasteiger partial charge in [0.05, 0.1) is 11.5 Å². The number of hydrogen-bond acceptors (Lipinski definition) is 5. The highest BCUT2D eigenvalue weighted by atomic mass is 32.2. The van der Waals surface area contributed by atoms with Crippen LogP contribution in [0.25, 0.3) is 0 Å². The average molecular weight is 283 g/mol. The Kier molecular flexibility index (Phi) is 3.14. The van der Waals surface area contributed by atoms with Crippen LogP contribution >= 0.6 is 0 Å². The highest BCUT2D eigenvalue weighted by Gasteiger charge is 2.27. The summed E-state index contributed by atoms with van der Waals surface area (Å²) in [4.78, 5) is 0. The van der Waals surface area contributed by atoms with Crippen molar-refractivity contribution in [3.63, 3.8) is 0 Å². The first-order chi connectivity index (χ1) is 9.03. The van der Waals surface area contributed by atoms with Crippen molar-refractivity contribution in [3.8, 4) is 11.5 Å². The van der Waals surface area contributed by atoms with Crippen molar-refractivity contribution in [2.45, 2.75) is 25.4 Å². The molecule has 104 valence electrons. The Morgan fingerprint density at radius 3 is 2.89 bits per heavy atom. The molecule has 3 rings (SSSR count). The summed E-state index contributed by atoms with van der Waals surface area (Å²) >= 11 is 0. The Bertz CT molecular complexity index is 584. The van der Waals surface area contributed by atoms with Crippen LogP contribution in [0.3, 0.4) is 0 Å². The predicted molar refractivity (Wildman–Crippen MR) is 71.2 cm³/mol. The van der Waals surface area contributed by atoms with Gasteiger partial charge in [-0.1, -0.05) is 6.07 Å². The molecule has 0 aromatic heterocycles. The SMILES string of the molecule is CC1CCS(=O)(=O)CC(c2ccc3c(c2)OCO3)N1. The number of fused-ring (bicyclic) bond motifs is 1. The molecule has 0 bridgehead atoms. The van der Waals surface area contributed by atoms with Gasteiger partial charge in [0.25, 0.3) is 0 Å². The molecule has 0 saturated carbocycles. The molecule has 2 aliphatic rings. The quantitative estimate of drug-likeness (QED) is 0.840. The van der Waals surface area contributed by atoms with Gasteiger partial charge in [-0.15, -0.1) is 0 Å². The van der Waals surface area contributed by atoms with Crippen LogP contribution in [-0.2, 0) is 9.84 Å². The maximum atomic E-state index is 11.9. The van der Waals surface area contributed by atoms with Gasteiger partial charge in [-0.25, -0.2) is 8.42 Å². The summed E-state index contributed by atoms with van der Waals surface area (Å²) in [7, 11) is -3.00. The standard InChI is InChI=1S/C13H17NO4S/c1-9-4-5-19(15,16)7-11(14-9)10-2-3-12-13(6-10)18-8-17-12/h2-3,6,9,11,14H,4-5,7-8H2,1H3. The Hall–Kier alpha value is -1.27. The normalized spacial score (nSPS) is 28.9. The van der Waals surface area contributed by atoms with E-state index in [1.54, 1.807) is 0 Å². The van der Waals surface area contributed by atoms with Gasteiger partial charge >= 0.3 is 0 Å². The zero-order valence-electron chi connectivity index (χ0n) is 10.8. The largest absolute Gasteiger partial charge is 0.454 e. The van der Waals surface area contributed by atoms with Crippen LogP contribution in [0, 0.1) is 0 Å². The van der Waals surface area contributed by atoms with Gasteiger partial charge in [0.2, 0.25) is 6.79 Å². The highest BCUT2D eigenvalue weighted by Crippen LogP contribution is 2.35. The van der Waals surface area contributed by atoms with E-state index in [-0.39, 0.29) is 30.4 Å². The van der Waals surface area contributed by atoms with E-state index in [1.165, 1.54) is 0 Å².